The highest BCUT2D eigenvalue weighted by molar-refractivity contribution is 6.14. The molecule has 294 valence electrons. The summed E-state index contributed by atoms with van der Waals surface area (Å²) in [6, 6.07) is 77.5. The molecule has 0 saturated carbocycles. The average Bonchev–Trinajstić information content (AvgIpc) is 3.99. The quantitative estimate of drug-likeness (QED) is 0.168. The first kappa shape index (κ1) is 35.2. The molecule has 0 saturated heterocycles. The fourth-order valence-electron chi connectivity index (χ4n) is 9.65. The van der Waals surface area contributed by atoms with Gasteiger partial charge >= 0.3 is 0 Å². The van der Waals surface area contributed by atoms with Crippen LogP contribution in [0, 0.1) is 0 Å². The SMILES string of the molecule is c1ccc(-c2nc(-c3ccccc3)nc(-n3c4ccccc4c4cc(-c5ccc6c(c5)c5ccccc5n6-c5ccc6c(c5)c5ccccc5n6-c5ccccc5)ccc43)n2)cc1. The molecule has 0 amide bonds. The summed E-state index contributed by atoms with van der Waals surface area (Å²) in [5, 5.41) is 7.17. The standard InChI is InChI=1S/C57H36N6/c1-4-16-37(17-5-1)55-58-56(38-18-6-2-7-19-38)60-57(59-55)63-51-27-15-12-23-44(51)47-35-40(29-32-54(47)63)39-28-31-52-46(34-39)43-22-10-14-26-50(43)62(52)42-30-33-53-48(36-42)45-24-11-13-25-49(45)61(53)41-20-8-3-9-21-41/h1-36H. The number of para-hydroxylation sites is 4. The smallest absolute Gasteiger partial charge is 0.238 e. The summed E-state index contributed by atoms with van der Waals surface area (Å²) < 4.78 is 6.97. The Hall–Kier alpha value is -8.61. The summed E-state index contributed by atoms with van der Waals surface area (Å²) >= 11 is 0. The summed E-state index contributed by atoms with van der Waals surface area (Å²) in [6.07, 6.45) is 0. The molecule has 0 radical (unpaired) electrons. The summed E-state index contributed by atoms with van der Waals surface area (Å²) in [5.74, 6) is 1.85. The molecule has 4 heterocycles. The third-order valence-corrected chi connectivity index (χ3v) is 12.5. The van der Waals surface area contributed by atoms with Crippen LogP contribution in [-0.4, -0.2) is 28.7 Å². The molecule has 0 aliphatic carbocycles. The predicted molar refractivity (Wildman–Crippen MR) is 259 cm³/mol. The van der Waals surface area contributed by atoms with E-state index in [2.05, 4.69) is 171 Å². The van der Waals surface area contributed by atoms with Crippen molar-refractivity contribution in [2.24, 2.45) is 0 Å². The Morgan fingerprint density at radius 2 is 0.619 bits per heavy atom. The molecule has 0 bridgehead atoms. The first-order valence-electron chi connectivity index (χ1n) is 21.3. The van der Waals surface area contributed by atoms with Crippen LogP contribution in [0.3, 0.4) is 0 Å². The summed E-state index contributed by atoms with van der Waals surface area (Å²) in [7, 11) is 0. The van der Waals surface area contributed by atoms with Gasteiger partial charge in [-0.2, -0.15) is 9.97 Å². The van der Waals surface area contributed by atoms with Crippen molar-refractivity contribution in [3.8, 4) is 51.2 Å². The van der Waals surface area contributed by atoms with E-state index in [-0.39, 0.29) is 0 Å². The lowest BCUT2D eigenvalue weighted by Crippen LogP contribution is -2.06. The van der Waals surface area contributed by atoms with Crippen LogP contribution in [0.2, 0.25) is 0 Å². The van der Waals surface area contributed by atoms with Crippen LogP contribution >= 0.6 is 0 Å². The maximum Gasteiger partial charge on any atom is 0.238 e. The Morgan fingerprint density at radius 1 is 0.238 bits per heavy atom. The number of rotatable bonds is 6. The highest BCUT2D eigenvalue weighted by Gasteiger charge is 2.20. The molecule has 0 atom stereocenters. The van der Waals surface area contributed by atoms with Gasteiger partial charge in [0.2, 0.25) is 5.95 Å². The van der Waals surface area contributed by atoms with E-state index in [1.165, 1.54) is 43.6 Å². The minimum absolute atomic E-state index is 0.582. The van der Waals surface area contributed by atoms with Gasteiger partial charge in [0.05, 0.1) is 33.1 Å². The number of hydrogen-bond acceptors (Lipinski definition) is 3. The van der Waals surface area contributed by atoms with E-state index in [0.717, 1.165) is 55.4 Å². The maximum atomic E-state index is 5.13. The van der Waals surface area contributed by atoms with Crippen molar-refractivity contribution in [2.45, 2.75) is 0 Å². The van der Waals surface area contributed by atoms with Gasteiger partial charge in [0.15, 0.2) is 11.6 Å². The molecule has 0 aliphatic rings. The third-order valence-electron chi connectivity index (χ3n) is 12.5. The van der Waals surface area contributed by atoms with Crippen molar-refractivity contribution in [2.75, 3.05) is 0 Å². The van der Waals surface area contributed by atoms with Gasteiger partial charge in [-0.15, -0.1) is 0 Å². The monoisotopic (exact) mass is 804 g/mol. The highest BCUT2D eigenvalue weighted by Crippen LogP contribution is 2.40. The van der Waals surface area contributed by atoms with Gasteiger partial charge in [0.1, 0.15) is 0 Å². The lowest BCUT2D eigenvalue weighted by atomic mass is 10.0. The summed E-state index contributed by atoms with van der Waals surface area (Å²) in [4.78, 5) is 15.2. The fraction of sp³-hybridized carbons (Fsp3) is 0. The maximum absolute atomic E-state index is 5.13. The Morgan fingerprint density at radius 3 is 1.14 bits per heavy atom. The fourth-order valence-corrected chi connectivity index (χ4v) is 9.65. The highest BCUT2D eigenvalue weighted by atomic mass is 15.2. The summed E-state index contributed by atoms with van der Waals surface area (Å²) in [6.45, 7) is 0. The van der Waals surface area contributed by atoms with E-state index in [1.807, 2.05) is 60.7 Å². The molecule has 9 aromatic carbocycles. The number of nitrogens with zero attached hydrogens (tertiary/aromatic N) is 6. The molecular weight excluding hydrogens is 769 g/mol. The van der Waals surface area contributed by atoms with Gasteiger partial charge in [-0.25, -0.2) is 4.98 Å². The van der Waals surface area contributed by atoms with Gasteiger partial charge in [0, 0.05) is 54.8 Å². The zero-order valence-electron chi connectivity index (χ0n) is 34.0. The van der Waals surface area contributed by atoms with Gasteiger partial charge < -0.3 is 9.13 Å². The van der Waals surface area contributed by atoms with Crippen LogP contribution in [0.25, 0.3) is 117 Å². The molecule has 4 aromatic heterocycles. The van der Waals surface area contributed by atoms with E-state index >= 15 is 0 Å². The Bertz CT molecular complexity index is 3840. The normalized spacial score (nSPS) is 11.8. The number of hydrogen-bond donors (Lipinski definition) is 0. The Kier molecular flexibility index (Phi) is 7.80. The van der Waals surface area contributed by atoms with Crippen molar-refractivity contribution in [3.63, 3.8) is 0 Å². The van der Waals surface area contributed by atoms with Gasteiger partial charge in [-0.3, -0.25) is 4.57 Å². The zero-order valence-corrected chi connectivity index (χ0v) is 34.0. The van der Waals surface area contributed by atoms with E-state index in [9.17, 15) is 0 Å². The van der Waals surface area contributed by atoms with Gasteiger partial charge in [-0.1, -0.05) is 146 Å². The minimum Gasteiger partial charge on any atom is -0.309 e. The number of benzene rings is 9. The second kappa shape index (κ2) is 14.0. The van der Waals surface area contributed by atoms with Crippen LogP contribution in [0.15, 0.2) is 218 Å². The molecule has 0 spiro atoms. The Balaban J connectivity index is 0.966. The van der Waals surface area contributed by atoms with E-state index in [1.54, 1.807) is 0 Å². The van der Waals surface area contributed by atoms with Gasteiger partial charge in [-0.05, 0) is 83.9 Å². The van der Waals surface area contributed by atoms with E-state index in [4.69, 9.17) is 15.0 Å². The van der Waals surface area contributed by atoms with E-state index < -0.39 is 0 Å². The van der Waals surface area contributed by atoms with Crippen LogP contribution in [0.5, 0.6) is 0 Å². The molecule has 13 rings (SSSR count). The van der Waals surface area contributed by atoms with Crippen LogP contribution in [-0.2, 0) is 0 Å². The molecule has 0 aliphatic heterocycles. The van der Waals surface area contributed by atoms with Crippen molar-refractivity contribution < 1.29 is 0 Å². The summed E-state index contributed by atoms with van der Waals surface area (Å²) in [5.41, 5.74) is 13.3. The van der Waals surface area contributed by atoms with Crippen LogP contribution in [0.1, 0.15) is 0 Å². The largest absolute Gasteiger partial charge is 0.309 e. The molecule has 0 unspecified atom stereocenters. The topological polar surface area (TPSA) is 53.5 Å². The van der Waals surface area contributed by atoms with E-state index in [0.29, 0.717) is 17.6 Å². The van der Waals surface area contributed by atoms with Crippen LogP contribution in [0.4, 0.5) is 0 Å². The second-order valence-corrected chi connectivity index (χ2v) is 16.1. The molecule has 63 heavy (non-hydrogen) atoms. The third kappa shape index (κ3) is 5.55. The van der Waals surface area contributed by atoms with Crippen molar-refractivity contribution in [1.82, 2.24) is 28.7 Å². The molecule has 13 aromatic rings. The first-order valence-corrected chi connectivity index (χ1v) is 21.3. The minimum atomic E-state index is 0.582. The molecular formula is C57H36N6. The Labute approximate surface area is 362 Å². The molecule has 6 heteroatoms. The van der Waals surface area contributed by atoms with Crippen molar-refractivity contribution in [3.05, 3.63) is 218 Å². The van der Waals surface area contributed by atoms with Crippen LogP contribution < -0.4 is 0 Å². The lowest BCUT2D eigenvalue weighted by molar-refractivity contribution is 0.953. The van der Waals surface area contributed by atoms with Gasteiger partial charge in [0.25, 0.3) is 0 Å². The average molecular weight is 805 g/mol. The zero-order chi connectivity index (χ0) is 41.4. The molecule has 0 N–H and O–H groups in total. The predicted octanol–water partition coefficient (Wildman–Crippen LogP) is 14.2. The first-order chi connectivity index (χ1) is 31.2. The molecule has 0 fully saturated rings. The van der Waals surface area contributed by atoms with Crippen molar-refractivity contribution in [1.29, 1.82) is 0 Å². The number of fused-ring (bicyclic) bond motifs is 9. The lowest BCUT2D eigenvalue weighted by Gasteiger charge is -2.11. The molecule has 6 nitrogen and oxygen atoms in total. The number of aromatic nitrogens is 6. The second-order valence-electron chi connectivity index (χ2n) is 16.1. The van der Waals surface area contributed by atoms with Crippen molar-refractivity contribution >= 4 is 65.4 Å².